The second kappa shape index (κ2) is 7.46. The number of fused-ring (bicyclic) bond motifs is 2. The van der Waals surface area contributed by atoms with E-state index in [9.17, 15) is 9.59 Å². The largest absolute Gasteiger partial charge is 0.488 e. The molecule has 0 saturated heterocycles. The van der Waals surface area contributed by atoms with Crippen LogP contribution in [0.4, 0.5) is 0 Å². The van der Waals surface area contributed by atoms with Gasteiger partial charge in [0.15, 0.2) is 5.78 Å². The summed E-state index contributed by atoms with van der Waals surface area (Å²) in [6, 6.07) is 26.9. The number of halogens is 1. The van der Waals surface area contributed by atoms with E-state index >= 15 is 0 Å². The number of rotatable bonds is 5. The Morgan fingerprint density at radius 2 is 1.28 bits per heavy atom. The number of ketones is 1. The van der Waals surface area contributed by atoms with E-state index in [0.717, 1.165) is 28.6 Å². The fraction of sp³-hybridized carbons (Fsp3) is 0.214. The maximum Gasteiger partial charge on any atom is 0.158 e. The van der Waals surface area contributed by atoms with Crippen LogP contribution < -0.4 is 4.74 Å². The van der Waals surface area contributed by atoms with Gasteiger partial charge in [-0.2, -0.15) is 0 Å². The Balaban J connectivity index is 1.77. The molecule has 4 heteroatoms. The lowest BCUT2D eigenvalue weighted by Gasteiger charge is -2.39. The number of hydrogen-bond acceptors (Lipinski definition) is 3. The van der Waals surface area contributed by atoms with Crippen molar-refractivity contribution < 1.29 is 14.3 Å². The molecule has 0 spiro atoms. The fourth-order valence-electron chi connectivity index (χ4n) is 5.69. The van der Waals surface area contributed by atoms with Gasteiger partial charge >= 0.3 is 0 Å². The van der Waals surface area contributed by atoms with Crippen molar-refractivity contribution in [1.82, 2.24) is 0 Å². The summed E-state index contributed by atoms with van der Waals surface area (Å²) in [5.74, 6) is 0.00205. The van der Waals surface area contributed by atoms with Crippen molar-refractivity contribution in [3.8, 4) is 5.75 Å². The summed E-state index contributed by atoms with van der Waals surface area (Å²) in [5, 5.41) is 0.600. The van der Waals surface area contributed by atoms with E-state index in [1.165, 1.54) is 0 Å². The SMILES string of the molecule is CC12C(=O)C(C)(C(c3ccccc3)=C1c1ccccc1)C(Oc1ccc(Cl)cc1)C2C=O. The van der Waals surface area contributed by atoms with Crippen LogP contribution in [0.25, 0.3) is 11.1 Å². The van der Waals surface area contributed by atoms with Crippen LogP contribution >= 0.6 is 11.6 Å². The summed E-state index contributed by atoms with van der Waals surface area (Å²) in [7, 11) is 0. The minimum atomic E-state index is -0.986. The molecule has 32 heavy (non-hydrogen) atoms. The smallest absolute Gasteiger partial charge is 0.158 e. The quantitative estimate of drug-likeness (QED) is 0.447. The first kappa shape index (κ1) is 20.7. The van der Waals surface area contributed by atoms with Gasteiger partial charge in [-0.1, -0.05) is 72.3 Å². The number of allylic oxidation sites excluding steroid dienone is 1. The van der Waals surface area contributed by atoms with Gasteiger partial charge < -0.3 is 9.53 Å². The summed E-state index contributed by atoms with van der Waals surface area (Å²) < 4.78 is 6.40. The third kappa shape index (κ3) is 2.74. The maximum absolute atomic E-state index is 14.1. The molecule has 0 aromatic heterocycles. The molecule has 1 saturated carbocycles. The third-order valence-electron chi connectivity index (χ3n) is 7.14. The minimum absolute atomic E-state index is 0.0266. The molecule has 2 aliphatic carbocycles. The monoisotopic (exact) mass is 442 g/mol. The highest BCUT2D eigenvalue weighted by Gasteiger charge is 2.73. The average molecular weight is 443 g/mol. The zero-order valence-electron chi connectivity index (χ0n) is 17.9. The van der Waals surface area contributed by atoms with Crippen molar-refractivity contribution in [2.75, 3.05) is 0 Å². The van der Waals surface area contributed by atoms with Crippen molar-refractivity contribution in [1.29, 1.82) is 0 Å². The molecule has 4 unspecified atom stereocenters. The molecule has 0 radical (unpaired) electrons. The predicted molar refractivity (Wildman–Crippen MR) is 126 cm³/mol. The normalized spacial score (nSPS) is 28.8. The molecule has 5 rings (SSSR count). The van der Waals surface area contributed by atoms with E-state index in [-0.39, 0.29) is 5.78 Å². The average Bonchev–Trinajstić information content (AvgIpc) is 3.10. The van der Waals surface area contributed by atoms with Crippen LogP contribution in [0.15, 0.2) is 84.9 Å². The Morgan fingerprint density at radius 1 is 0.781 bits per heavy atom. The highest BCUT2D eigenvalue weighted by molar-refractivity contribution is 6.30. The molecule has 3 aromatic carbocycles. The van der Waals surface area contributed by atoms with Gasteiger partial charge in [0.1, 0.15) is 18.1 Å². The Morgan fingerprint density at radius 3 is 1.78 bits per heavy atom. The Kier molecular flexibility index (Phi) is 4.83. The second-order valence-electron chi connectivity index (χ2n) is 8.87. The van der Waals surface area contributed by atoms with Crippen molar-refractivity contribution in [2.24, 2.45) is 16.7 Å². The van der Waals surface area contributed by atoms with Gasteiger partial charge in [-0.25, -0.2) is 0 Å². The second-order valence-corrected chi connectivity index (χ2v) is 9.31. The molecule has 0 heterocycles. The molecule has 3 nitrogen and oxygen atoms in total. The predicted octanol–water partition coefficient (Wildman–Crippen LogP) is 6.12. The van der Waals surface area contributed by atoms with Crippen molar-refractivity contribution >= 4 is 34.8 Å². The van der Waals surface area contributed by atoms with E-state index in [2.05, 4.69) is 0 Å². The highest BCUT2D eigenvalue weighted by atomic mass is 35.5. The zero-order valence-corrected chi connectivity index (χ0v) is 18.7. The van der Waals surface area contributed by atoms with Gasteiger partial charge in [0, 0.05) is 5.02 Å². The van der Waals surface area contributed by atoms with Crippen molar-refractivity contribution in [2.45, 2.75) is 20.0 Å². The Labute approximate surface area is 192 Å². The van der Waals surface area contributed by atoms with Gasteiger partial charge in [-0.15, -0.1) is 0 Å². The van der Waals surface area contributed by atoms with Crippen LogP contribution in [0.2, 0.25) is 5.02 Å². The number of ether oxygens (including phenoxy) is 1. The van der Waals surface area contributed by atoms with Gasteiger partial charge in [0.2, 0.25) is 0 Å². The zero-order chi connectivity index (χ0) is 22.5. The number of benzene rings is 3. The summed E-state index contributed by atoms with van der Waals surface area (Å²) in [6.07, 6.45) is 0.274. The van der Waals surface area contributed by atoms with Crippen LogP contribution in [0.1, 0.15) is 25.0 Å². The van der Waals surface area contributed by atoms with Crippen LogP contribution in [0, 0.1) is 16.7 Å². The maximum atomic E-state index is 14.1. The summed E-state index contributed by atoms with van der Waals surface area (Å²) in [6.45, 7) is 3.83. The lowest BCUT2D eigenvalue weighted by molar-refractivity contribution is -0.128. The fourth-order valence-corrected chi connectivity index (χ4v) is 5.82. The highest BCUT2D eigenvalue weighted by Crippen LogP contribution is 2.69. The van der Waals surface area contributed by atoms with Gasteiger partial charge in [-0.3, -0.25) is 4.79 Å². The van der Waals surface area contributed by atoms with E-state index in [0.29, 0.717) is 10.8 Å². The number of Topliss-reactive ketones (excluding diaryl/α,β-unsaturated/α-hetero) is 1. The molecule has 2 aliphatic rings. The van der Waals surface area contributed by atoms with Gasteiger partial charge in [-0.05, 0) is 60.4 Å². The molecule has 0 aliphatic heterocycles. The molecule has 160 valence electrons. The van der Waals surface area contributed by atoms with Gasteiger partial charge in [0.05, 0.1) is 16.7 Å². The standard InChI is InChI=1S/C28H23ClO3/c1-27-22(17-30)25(32-21-15-13-20(29)14-16-21)28(2,26(27)31)24(19-11-7-4-8-12-19)23(27)18-9-5-3-6-10-18/h3-17,22,25H,1-2H3. The molecule has 4 atom stereocenters. The van der Waals surface area contributed by atoms with Crippen LogP contribution in [0.3, 0.4) is 0 Å². The van der Waals surface area contributed by atoms with Crippen molar-refractivity contribution in [3.63, 3.8) is 0 Å². The van der Waals surface area contributed by atoms with E-state index in [4.69, 9.17) is 16.3 Å². The first-order valence-corrected chi connectivity index (χ1v) is 11.1. The molecule has 1 fully saturated rings. The lowest BCUT2D eigenvalue weighted by Crippen LogP contribution is -2.43. The van der Waals surface area contributed by atoms with E-state index < -0.39 is 22.9 Å². The molecule has 0 N–H and O–H groups in total. The van der Waals surface area contributed by atoms with Crippen LogP contribution in [0.5, 0.6) is 5.75 Å². The van der Waals surface area contributed by atoms with E-state index in [1.807, 2.05) is 74.5 Å². The summed E-state index contributed by atoms with van der Waals surface area (Å²) in [5.41, 5.74) is 1.83. The Hall–Kier alpha value is -3.17. The van der Waals surface area contributed by atoms with Crippen LogP contribution in [-0.2, 0) is 9.59 Å². The topological polar surface area (TPSA) is 43.4 Å². The molecule has 3 aromatic rings. The molecule has 2 bridgehead atoms. The third-order valence-corrected chi connectivity index (χ3v) is 7.39. The lowest BCUT2D eigenvalue weighted by atomic mass is 9.66. The van der Waals surface area contributed by atoms with Crippen molar-refractivity contribution in [3.05, 3.63) is 101 Å². The minimum Gasteiger partial charge on any atom is -0.488 e. The van der Waals surface area contributed by atoms with Crippen LogP contribution in [-0.4, -0.2) is 18.2 Å². The number of aldehydes is 1. The molecular formula is C28H23ClO3. The summed E-state index contributed by atoms with van der Waals surface area (Å²) in [4.78, 5) is 26.6. The number of hydrogen-bond donors (Lipinski definition) is 0. The molecule has 0 amide bonds. The first-order chi connectivity index (χ1) is 15.4. The van der Waals surface area contributed by atoms with E-state index in [1.54, 1.807) is 24.3 Å². The number of carbonyl (C=O) groups excluding carboxylic acids is 2. The summed E-state index contributed by atoms with van der Waals surface area (Å²) >= 11 is 6.04. The first-order valence-electron chi connectivity index (χ1n) is 10.7. The number of carbonyl (C=O) groups is 2. The Bertz CT molecular complexity index is 1220. The van der Waals surface area contributed by atoms with Gasteiger partial charge in [0.25, 0.3) is 0 Å². The molecular weight excluding hydrogens is 420 g/mol.